The van der Waals surface area contributed by atoms with Crippen LogP contribution in [0.15, 0.2) is 70.6 Å². The first kappa shape index (κ1) is 22.1. The van der Waals surface area contributed by atoms with Crippen molar-refractivity contribution < 1.29 is 17.9 Å². The summed E-state index contributed by atoms with van der Waals surface area (Å²) in [5.74, 6) is -0.614. The molecule has 3 aromatic rings. The van der Waals surface area contributed by atoms with Gasteiger partial charge in [-0.1, -0.05) is 24.3 Å². The van der Waals surface area contributed by atoms with Crippen LogP contribution in [0.1, 0.15) is 0 Å². The molecule has 3 rings (SSSR count). The van der Waals surface area contributed by atoms with Crippen LogP contribution in [0, 0.1) is 0 Å². The molecule has 0 bridgehead atoms. The number of nitrogens with one attached hydrogen (secondary N) is 1. The normalized spacial score (nSPS) is 11.2. The van der Waals surface area contributed by atoms with E-state index in [1.165, 1.54) is 18.2 Å². The molecule has 9 nitrogen and oxygen atoms in total. The molecule has 0 saturated heterocycles. The maximum atomic E-state index is 12.9. The van der Waals surface area contributed by atoms with Crippen molar-refractivity contribution in [3.63, 3.8) is 0 Å². The summed E-state index contributed by atoms with van der Waals surface area (Å²) in [6.45, 7) is -0.526. The highest BCUT2D eigenvalue weighted by atomic mass is 32.2. The number of rotatable bonds is 7. The highest BCUT2D eigenvalue weighted by molar-refractivity contribution is 7.89. The minimum absolute atomic E-state index is 0.0862. The van der Waals surface area contributed by atoms with Gasteiger partial charge in [0.05, 0.1) is 10.6 Å². The summed E-state index contributed by atoms with van der Waals surface area (Å²) in [5.41, 5.74) is 12.0. The van der Waals surface area contributed by atoms with Crippen LogP contribution in [0.4, 0.5) is 11.4 Å². The second kappa shape index (κ2) is 9.02. The summed E-state index contributed by atoms with van der Waals surface area (Å²) in [5, 5.41) is 1.35. The third-order valence-corrected chi connectivity index (χ3v) is 5.82. The number of hydrogen-bond donors (Lipinski definition) is 3. The van der Waals surface area contributed by atoms with Crippen LogP contribution in [-0.2, 0) is 14.8 Å². The smallest absolute Gasteiger partial charge is 0.326 e. The minimum Gasteiger partial charge on any atom is -0.426 e. The summed E-state index contributed by atoms with van der Waals surface area (Å²) in [6, 6.07) is 16.6. The van der Waals surface area contributed by atoms with Crippen LogP contribution in [0.3, 0.4) is 0 Å². The van der Waals surface area contributed by atoms with Crippen molar-refractivity contribution in [2.75, 3.05) is 25.5 Å². The third kappa shape index (κ3) is 5.30. The van der Waals surface area contributed by atoms with Crippen molar-refractivity contribution in [1.29, 1.82) is 0 Å². The molecule has 0 saturated carbocycles. The number of carbonyl (C=O) groups excluding carboxylic acids is 1. The Morgan fingerprint density at radius 1 is 1.00 bits per heavy atom. The lowest BCUT2D eigenvalue weighted by atomic mass is 10.1. The number of sulfonamides is 1. The fraction of sp³-hybridized carbons (Fsp3) is 0.143. The third-order valence-electron chi connectivity index (χ3n) is 4.36. The number of aliphatic imine (C=N–C) groups is 1. The van der Waals surface area contributed by atoms with Gasteiger partial charge in [0.2, 0.25) is 10.0 Å². The second-order valence-electron chi connectivity index (χ2n) is 6.85. The lowest BCUT2D eigenvalue weighted by Crippen LogP contribution is -2.32. The molecule has 0 atom stereocenters. The Kier molecular flexibility index (Phi) is 6.42. The molecule has 162 valence electrons. The number of benzene rings is 3. The zero-order valence-corrected chi connectivity index (χ0v) is 17.9. The topological polar surface area (TPSA) is 140 Å². The number of carbonyl (C=O) groups is 1. The van der Waals surface area contributed by atoms with E-state index in [0.717, 1.165) is 11.1 Å². The Labute approximate surface area is 180 Å². The van der Waals surface area contributed by atoms with Gasteiger partial charge in [-0.05, 0) is 36.4 Å². The number of hydrogen-bond acceptors (Lipinski definition) is 6. The summed E-state index contributed by atoms with van der Waals surface area (Å²) < 4.78 is 33.2. The van der Waals surface area contributed by atoms with Crippen LogP contribution in [-0.4, -0.2) is 41.0 Å². The Morgan fingerprint density at radius 2 is 1.65 bits per heavy atom. The van der Waals surface area contributed by atoms with Crippen molar-refractivity contribution in [2.45, 2.75) is 4.90 Å². The molecule has 0 amide bonds. The largest absolute Gasteiger partial charge is 0.426 e. The van der Waals surface area contributed by atoms with Gasteiger partial charge in [-0.2, -0.15) is 4.72 Å². The first-order valence-electron chi connectivity index (χ1n) is 9.26. The standard InChI is InChI=1S/C21H23N5O4S/c1-26(2)18-7-3-6-17-16(18)5-4-8-19(17)31(28,29)24-13-20(27)30-15-11-9-14(10-12-15)25-21(22)23/h3-12,24H,13H2,1-2H3,(H4,22,23,25). The summed E-state index contributed by atoms with van der Waals surface area (Å²) >= 11 is 0. The molecular formula is C21H23N5O4S. The van der Waals surface area contributed by atoms with Crippen molar-refractivity contribution >= 4 is 44.1 Å². The Morgan fingerprint density at radius 3 is 2.29 bits per heavy atom. The molecule has 0 aliphatic carbocycles. The highest BCUT2D eigenvalue weighted by Crippen LogP contribution is 2.30. The zero-order chi connectivity index (χ0) is 22.6. The maximum Gasteiger partial charge on any atom is 0.326 e. The molecule has 0 aromatic heterocycles. The molecule has 0 unspecified atom stereocenters. The van der Waals surface area contributed by atoms with Gasteiger partial charge < -0.3 is 21.1 Å². The van der Waals surface area contributed by atoms with E-state index in [2.05, 4.69) is 9.71 Å². The molecule has 0 aliphatic heterocycles. The Bertz CT molecular complexity index is 1230. The van der Waals surface area contributed by atoms with Crippen LogP contribution in [0.5, 0.6) is 5.75 Å². The number of guanidine groups is 1. The average Bonchev–Trinajstić information content (AvgIpc) is 2.72. The van der Waals surface area contributed by atoms with E-state index in [9.17, 15) is 13.2 Å². The van der Waals surface area contributed by atoms with Gasteiger partial charge in [-0.3, -0.25) is 4.79 Å². The van der Waals surface area contributed by atoms with Gasteiger partial charge in [-0.15, -0.1) is 0 Å². The number of nitrogens with two attached hydrogens (primary N) is 2. The Balaban J connectivity index is 1.74. The molecule has 0 fully saturated rings. The van der Waals surface area contributed by atoms with Crippen molar-refractivity contribution in [1.82, 2.24) is 4.72 Å². The number of esters is 1. The quantitative estimate of drug-likeness (QED) is 0.219. The molecule has 31 heavy (non-hydrogen) atoms. The lowest BCUT2D eigenvalue weighted by Gasteiger charge is -2.17. The van der Waals surface area contributed by atoms with Gasteiger partial charge in [0, 0.05) is 30.6 Å². The zero-order valence-electron chi connectivity index (χ0n) is 17.1. The average molecular weight is 442 g/mol. The molecule has 10 heteroatoms. The molecule has 0 aliphatic rings. The van der Waals surface area contributed by atoms with Crippen molar-refractivity contribution in [3.05, 3.63) is 60.7 Å². The van der Waals surface area contributed by atoms with E-state index in [-0.39, 0.29) is 16.6 Å². The maximum absolute atomic E-state index is 12.9. The number of nitrogens with zero attached hydrogens (tertiary/aromatic N) is 2. The van der Waals surface area contributed by atoms with Crippen LogP contribution < -0.4 is 25.8 Å². The van der Waals surface area contributed by atoms with Gasteiger partial charge in [0.25, 0.3) is 0 Å². The van der Waals surface area contributed by atoms with Gasteiger partial charge in [-0.25, -0.2) is 13.4 Å². The summed E-state index contributed by atoms with van der Waals surface area (Å²) in [6.07, 6.45) is 0. The number of fused-ring (bicyclic) bond motifs is 1. The van der Waals surface area contributed by atoms with Crippen molar-refractivity contribution in [3.8, 4) is 5.75 Å². The summed E-state index contributed by atoms with van der Waals surface area (Å²) in [7, 11) is -0.186. The number of anilines is 1. The predicted octanol–water partition coefficient (Wildman–Crippen LogP) is 1.69. The van der Waals surface area contributed by atoms with E-state index >= 15 is 0 Å². The fourth-order valence-electron chi connectivity index (χ4n) is 3.03. The monoisotopic (exact) mass is 441 g/mol. The Hall–Kier alpha value is -3.63. The van der Waals surface area contributed by atoms with Crippen LogP contribution in [0.2, 0.25) is 0 Å². The van der Waals surface area contributed by atoms with Gasteiger partial charge >= 0.3 is 5.97 Å². The predicted molar refractivity (Wildman–Crippen MR) is 121 cm³/mol. The first-order valence-corrected chi connectivity index (χ1v) is 10.7. The van der Waals surface area contributed by atoms with E-state index in [1.54, 1.807) is 30.3 Å². The summed E-state index contributed by atoms with van der Waals surface area (Å²) in [4.78, 5) is 18.0. The molecule has 0 spiro atoms. The molecule has 0 radical (unpaired) electrons. The molecular weight excluding hydrogens is 418 g/mol. The molecule has 3 aromatic carbocycles. The van der Waals surface area contributed by atoms with E-state index in [4.69, 9.17) is 16.2 Å². The molecule has 0 heterocycles. The fourth-order valence-corrected chi connectivity index (χ4v) is 4.21. The van der Waals surface area contributed by atoms with Gasteiger partial charge in [0.1, 0.15) is 12.3 Å². The number of ether oxygens (including phenoxy) is 1. The van der Waals surface area contributed by atoms with Gasteiger partial charge in [0.15, 0.2) is 5.96 Å². The molecule has 5 N–H and O–H groups in total. The van der Waals surface area contributed by atoms with E-state index in [0.29, 0.717) is 11.1 Å². The van der Waals surface area contributed by atoms with Crippen molar-refractivity contribution in [2.24, 2.45) is 16.5 Å². The van der Waals surface area contributed by atoms with E-state index in [1.807, 2.05) is 31.1 Å². The minimum atomic E-state index is -3.95. The highest BCUT2D eigenvalue weighted by Gasteiger charge is 2.20. The van der Waals surface area contributed by atoms with Crippen LogP contribution >= 0.6 is 0 Å². The lowest BCUT2D eigenvalue weighted by molar-refractivity contribution is -0.133. The van der Waals surface area contributed by atoms with E-state index < -0.39 is 22.5 Å². The first-order chi connectivity index (χ1) is 14.7. The second-order valence-corrected chi connectivity index (χ2v) is 8.59. The SMILES string of the molecule is CN(C)c1cccc2c(S(=O)(=O)NCC(=O)Oc3ccc(N=C(N)N)cc3)cccc12. The van der Waals surface area contributed by atoms with Crippen LogP contribution in [0.25, 0.3) is 10.8 Å².